The second-order valence-corrected chi connectivity index (χ2v) is 9.89. The highest BCUT2D eigenvalue weighted by molar-refractivity contribution is 7.86. The lowest BCUT2D eigenvalue weighted by Gasteiger charge is -2.05. The van der Waals surface area contributed by atoms with Crippen molar-refractivity contribution in [2.24, 2.45) is 30.7 Å². The van der Waals surface area contributed by atoms with E-state index in [2.05, 4.69) is 30.7 Å². The number of hydrogen-bond donors (Lipinski definition) is 6. The molecule has 0 atom stereocenters. The predicted octanol–water partition coefficient (Wildman–Crippen LogP) is 6.61. The standard InChI is InChI=1S/C25H17N7O11S/c33-20-6-5-14(7-16(20)25(37)38)28-26-12-1-3-13(4-2-12)27-29-17-10-18(22(35)11-21(17)34)30-31-19-8-15(32(39)40)9-23(24(19)36)44(41,42)43/h1-11,33-36H,(H,37,38)(H,41,42,43). The number of carboxylic acids is 1. The molecule has 4 aromatic rings. The number of phenols is 4. The van der Waals surface area contributed by atoms with Crippen LogP contribution in [0.2, 0.25) is 0 Å². The zero-order chi connectivity index (χ0) is 32.2. The lowest BCUT2D eigenvalue weighted by atomic mass is 10.2. The van der Waals surface area contributed by atoms with Gasteiger partial charge in [0.15, 0.2) is 5.75 Å². The molecule has 0 spiro atoms. The number of non-ortho nitro benzene ring substituents is 1. The summed E-state index contributed by atoms with van der Waals surface area (Å²) in [4.78, 5) is 20.1. The molecule has 6 N–H and O–H groups in total. The fourth-order valence-corrected chi connectivity index (χ4v) is 3.97. The van der Waals surface area contributed by atoms with Gasteiger partial charge >= 0.3 is 5.97 Å². The van der Waals surface area contributed by atoms with Crippen molar-refractivity contribution in [1.82, 2.24) is 0 Å². The van der Waals surface area contributed by atoms with Crippen LogP contribution in [0.3, 0.4) is 0 Å². The zero-order valence-corrected chi connectivity index (χ0v) is 22.4. The van der Waals surface area contributed by atoms with Gasteiger partial charge in [0.1, 0.15) is 44.8 Å². The molecule has 0 aliphatic carbocycles. The molecule has 4 aromatic carbocycles. The Bertz CT molecular complexity index is 1990. The molecule has 0 aromatic heterocycles. The van der Waals surface area contributed by atoms with E-state index in [-0.39, 0.29) is 28.3 Å². The number of carboxylic acid groups (broad SMARTS) is 1. The molecule has 0 bridgehead atoms. The van der Waals surface area contributed by atoms with E-state index < -0.39 is 60.3 Å². The van der Waals surface area contributed by atoms with Crippen LogP contribution in [0.1, 0.15) is 10.4 Å². The maximum Gasteiger partial charge on any atom is 0.339 e. The Balaban J connectivity index is 1.56. The molecule has 0 saturated carbocycles. The monoisotopic (exact) mass is 623 g/mol. The normalized spacial score (nSPS) is 11.9. The lowest BCUT2D eigenvalue weighted by molar-refractivity contribution is -0.385. The number of hydrogen-bond acceptors (Lipinski definition) is 15. The van der Waals surface area contributed by atoms with Gasteiger partial charge in [-0.05, 0) is 42.5 Å². The van der Waals surface area contributed by atoms with Gasteiger partial charge in [0.25, 0.3) is 15.8 Å². The largest absolute Gasteiger partial charge is 0.507 e. The van der Waals surface area contributed by atoms with Gasteiger partial charge in [0.2, 0.25) is 0 Å². The fraction of sp³-hybridized carbons (Fsp3) is 0. The van der Waals surface area contributed by atoms with Crippen LogP contribution in [0, 0.1) is 10.1 Å². The topological polar surface area (TPSA) is 290 Å². The van der Waals surface area contributed by atoms with Gasteiger partial charge in [0, 0.05) is 24.3 Å². The summed E-state index contributed by atoms with van der Waals surface area (Å²) in [7, 11) is -5.08. The molecule has 19 heteroatoms. The molecule has 18 nitrogen and oxygen atoms in total. The second kappa shape index (κ2) is 12.3. The molecule has 0 saturated heterocycles. The van der Waals surface area contributed by atoms with Crippen molar-refractivity contribution in [3.63, 3.8) is 0 Å². The number of benzene rings is 4. The Morgan fingerprint density at radius 3 is 1.70 bits per heavy atom. The Kier molecular flexibility index (Phi) is 8.53. The molecular weight excluding hydrogens is 606 g/mol. The highest BCUT2D eigenvalue weighted by atomic mass is 32.2. The smallest absolute Gasteiger partial charge is 0.339 e. The van der Waals surface area contributed by atoms with E-state index in [1.54, 1.807) is 0 Å². The summed E-state index contributed by atoms with van der Waals surface area (Å²) in [6.07, 6.45) is 0. The summed E-state index contributed by atoms with van der Waals surface area (Å²) >= 11 is 0. The maximum atomic E-state index is 11.5. The minimum atomic E-state index is -5.08. The highest BCUT2D eigenvalue weighted by Gasteiger charge is 2.24. The molecule has 0 amide bonds. The number of aromatic hydroxyl groups is 4. The van der Waals surface area contributed by atoms with Gasteiger partial charge in [-0.15, -0.1) is 15.3 Å². The summed E-state index contributed by atoms with van der Waals surface area (Å²) in [5.74, 6) is -4.06. The quantitative estimate of drug-likeness (QED) is 0.0498. The highest BCUT2D eigenvalue weighted by Crippen LogP contribution is 2.42. The van der Waals surface area contributed by atoms with Crippen LogP contribution in [0.5, 0.6) is 23.0 Å². The molecule has 224 valence electrons. The minimum absolute atomic E-state index is 0.180. The summed E-state index contributed by atoms with van der Waals surface area (Å²) < 4.78 is 32.3. The number of nitro groups is 1. The third-order valence-corrected chi connectivity index (χ3v) is 6.35. The predicted molar refractivity (Wildman–Crippen MR) is 148 cm³/mol. The summed E-state index contributed by atoms with van der Waals surface area (Å²) in [6.45, 7) is 0. The van der Waals surface area contributed by atoms with Crippen molar-refractivity contribution >= 4 is 55.9 Å². The van der Waals surface area contributed by atoms with E-state index in [1.165, 1.54) is 36.4 Å². The van der Waals surface area contributed by atoms with Gasteiger partial charge in [0.05, 0.1) is 22.0 Å². The molecular formula is C25H17N7O11S. The Morgan fingerprint density at radius 1 is 0.659 bits per heavy atom. The molecule has 0 aliphatic rings. The first-order valence-electron chi connectivity index (χ1n) is 11.7. The number of nitro benzene ring substituents is 1. The Hall–Kier alpha value is -6.34. The minimum Gasteiger partial charge on any atom is -0.507 e. The number of nitrogens with zero attached hydrogens (tertiary/aromatic N) is 7. The van der Waals surface area contributed by atoms with Crippen LogP contribution in [-0.2, 0) is 10.1 Å². The van der Waals surface area contributed by atoms with E-state index in [0.29, 0.717) is 17.8 Å². The summed E-state index contributed by atoms with van der Waals surface area (Å²) in [5.41, 5.74) is -1.69. The van der Waals surface area contributed by atoms with Gasteiger partial charge in [-0.25, -0.2) is 4.79 Å². The van der Waals surface area contributed by atoms with Crippen molar-refractivity contribution in [3.05, 3.63) is 82.4 Å². The van der Waals surface area contributed by atoms with Crippen LogP contribution in [0.4, 0.5) is 39.8 Å². The molecule has 0 heterocycles. The molecule has 0 radical (unpaired) electrons. The van der Waals surface area contributed by atoms with Crippen molar-refractivity contribution in [2.75, 3.05) is 0 Å². The van der Waals surface area contributed by atoms with Gasteiger partial charge < -0.3 is 25.5 Å². The van der Waals surface area contributed by atoms with E-state index in [1.807, 2.05) is 0 Å². The van der Waals surface area contributed by atoms with Crippen LogP contribution in [-0.4, -0.2) is 49.4 Å². The first-order chi connectivity index (χ1) is 20.7. The zero-order valence-electron chi connectivity index (χ0n) is 21.6. The Morgan fingerprint density at radius 2 is 1.16 bits per heavy atom. The number of rotatable bonds is 9. The summed E-state index contributed by atoms with van der Waals surface area (Å²) in [5, 5.41) is 83.1. The average molecular weight is 624 g/mol. The van der Waals surface area contributed by atoms with E-state index in [9.17, 15) is 48.3 Å². The molecule has 4 rings (SSSR count). The van der Waals surface area contributed by atoms with Crippen LogP contribution in [0.25, 0.3) is 0 Å². The van der Waals surface area contributed by atoms with Gasteiger partial charge in [-0.1, -0.05) is 0 Å². The third-order valence-electron chi connectivity index (χ3n) is 5.48. The molecule has 0 fully saturated rings. The number of carbonyl (C=O) groups is 1. The van der Waals surface area contributed by atoms with E-state index in [4.69, 9.17) is 5.11 Å². The average Bonchev–Trinajstić information content (AvgIpc) is 2.96. The van der Waals surface area contributed by atoms with Crippen molar-refractivity contribution < 1.29 is 48.2 Å². The van der Waals surface area contributed by atoms with E-state index in [0.717, 1.165) is 18.2 Å². The van der Waals surface area contributed by atoms with Crippen molar-refractivity contribution in [3.8, 4) is 23.0 Å². The van der Waals surface area contributed by atoms with E-state index >= 15 is 0 Å². The number of aromatic carboxylic acids is 1. The lowest BCUT2D eigenvalue weighted by Crippen LogP contribution is -2.00. The first kappa shape index (κ1) is 30.6. The van der Waals surface area contributed by atoms with Crippen molar-refractivity contribution in [2.45, 2.75) is 4.90 Å². The van der Waals surface area contributed by atoms with Crippen LogP contribution in [0.15, 0.2) is 102 Å². The fourth-order valence-electron chi connectivity index (χ4n) is 3.35. The van der Waals surface area contributed by atoms with Crippen LogP contribution < -0.4 is 0 Å². The SMILES string of the molecule is O=C(O)c1cc(N=Nc2ccc(N=Nc3cc(N=Nc4cc([N+](=O)[O-])cc(S(=O)(=O)O)c4O)c(O)cc3O)cc2)ccc1O. The Labute approximate surface area is 245 Å². The molecule has 0 aliphatic heterocycles. The first-order valence-corrected chi connectivity index (χ1v) is 13.1. The third kappa shape index (κ3) is 7.10. The summed E-state index contributed by atoms with van der Waals surface area (Å²) in [6, 6.07) is 12.6. The molecule has 44 heavy (non-hydrogen) atoms. The number of azo groups is 3. The van der Waals surface area contributed by atoms with Crippen LogP contribution >= 0.6 is 0 Å². The van der Waals surface area contributed by atoms with Crippen molar-refractivity contribution in [1.29, 1.82) is 0 Å². The second-order valence-electron chi connectivity index (χ2n) is 8.50. The molecule has 0 unspecified atom stereocenters. The van der Waals surface area contributed by atoms with Gasteiger partial charge in [-0.2, -0.15) is 23.8 Å². The number of phenolic OH excluding ortho intramolecular Hbond substituents is 3. The maximum absolute atomic E-state index is 11.5. The van der Waals surface area contributed by atoms with Gasteiger partial charge in [-0.3, -0.25) is 14.7 Å².